The summed E-state index contributed by atoms with van der Waals surface area (Å²) < 4.78 is 16.4. The van der Waals surface area contributed by atoms with Crippen LogP contribution in [0.15, 0.2) is 30.5 Å². The van der Waals surface area contributed by atoms with Gasteiger partial charge in [0.05, 0.1) is 31.8 Å². The summed E-state index contributed by atoms with van der Waals surface area (Å²) in [5.41, 5.74) is 0.733. The van der Waals surface area contributed by atoms with E-state index in [9.17, 15) is 4.79 Å². The molecule has 0 fully saturated rings. The summed E-state index contributed by atoms with van der Waals surface area (Å²) in [7, 11) is 1.52. The highest BCUT2D eigenvalue weighted by atomic mass is 35.5. The molecule has 0 saturated heterocycles. The van der Waals surface area contributed by atoms with Crippen LogP contribution in [0.3, 0.4) is 0 Å². The molecule has 2 aromatic rings. The fourth-order valence-electron chi connectivity index (χ4n) is 2.40. The van der Waals surface area contributed by atoms with Crippen molar-refractivity contribution < 1.29 is 19.0 Å². The van der Waals surface area contributed by atoms with Gasteiger partial charge in [0.15, 0.2) is 23.1 Å². The molecular formula is C17H17ClN2O4. The monoisotopic (exact) mass is 348 g/mol. The maximum atomic E-state index is 12.3. The highest BCUT2D eigenvalue weighted by molar-refractivity contribution is 6.32. The minimum atomic E-state index is -0.224. The predicted octanol–water partition coefficient (Wildman–Crippen LogP) is 3.09. The Morgan fingerprint density at radius 3 is 3.04 bits per heavy atom. The first-order valence-corrected chi connectivity index (χ1v) is 7.92. The van der Waals surface area contributed by atoms with Gasteiger partial charge in [-0.25, -0.2) is 4.98 Å². The number of amides is 1. The van der Waals surface area contributed by atoms with Gasteiger partial charge in [-0.2, -0.15) is 0 Å². The molecule has 0 unspecified atom stereocenters. The maximum Gasteiger partial charge on any atom is 0.230 e. The van der Waals surface area contributed by atoms with Gasteiger partial charge in [0, 0.05) is 12.6 Å². The van der Waals surface area contributed by atoms with E-state index >= 15 is 0 Å². The molecular weight excluding hydrogens is 332 g/mol. The highest BCUT2D eigenvalue weighted by Crippen LogP contribution is 2.38. The maximum absolute atomic E-state index is 12.3. The van der Waals surface area contributed by atoms with Crippen LogP contribution in [0.5, 0.6) is 17.2 Å². The van der Waals surface area contributed by atoms with Crippen LogP contribution in [0.4, 0.5) is 5.82 Å². The number of halogens is 1. The van der Waals surface area contributed by atoms with E-state index < -0.39 is 0 Å². The van der Waals surface area contributed by atoms with Crippen molar-refractivity contribution in [1.82, 2.24) is 4.98 Å². The number of aromatic nitrogens is 1. The Hall–Kier alpha value is -2.47. The minimum Gasteiger partial charge on any atom is -0.493 e. The number of carbonyl (C=O) groups excluding carboxylic acids is 1. The fourth-order valence-corrected chi connectivity index (χ4v) is 2.68. The molecule has 126 valence electrons. The second-order valence-corrected chi connectivity index (χ2v) is 5.64. The molecule has 0 aliphatic carbocycles. The molecule has 0 bridgehead atoms. The predicted molar refractivity (Wildman–Crippen MR) is 90.2 cm³/mol. The van der Waals surface area contributed by atoms with Crippen LogP contribution in [0.1, 0.15) is 12.0 Å². The molecule has 1 amide bonds. The first-order chi connectivity index (χ1) is 11.7. The molecule has 0 radical (unpaired) electrons. The van der Waals surface area contributed by atoms with E-state index in [1.165, 1.54) is 7.11 Å². The van der Waals surface area contributed by atoms with Crippen LogP contribution >= 0.6 is 11.6 Å². The smallest absolute Gasteiger partial charge is 0.230 e. The Labute approximate surface area is 144 Å². The number of nitrogens with zero attached hydrogens (tertiary/aromatic N) is 1. The van der Waals surface area contributed by atoms with Gasteiger partial charge in [-0.05, 0) is 29.8 Å². The average Bonchev–Trinajstić information content (AvgIpc) is 2.81. The summed E-state index contributed by atoms with van der Waals surface area (Å²) in [4.78, 5) is 16.4. The molecule has 2 heterocycles. The van der Waals surface area contributed by atoms with Crippen molar-refractivity contribution in [3.63, 3.8) is 0 Å². The number of rotatable bonds is 4. The van der Waals surface area contributed by atoms with Crippen LogP contribution in [0.25, 0.3) is 0 Å². The normalized spacial score (nSPS) is 13.1. The first-order valence-electron chi connectivity index (χ1n) is 7.54. The molecule has 0 atom stereocenters. The van der Waals surface area contributed by atoms with E-state index in [0.717, 1.165) is 12.0 Å². The summed E-state index contributed by atoms with van der Waals surface area (Å²) in [5.74, 6) is 1.76. The molecule has 24 heavy (non-hydrogen) atoms. The minimum absolute atomic E-state index is 0.135. The van der Waals surface area contributed by atoms with E-state index in [2.05, 4.69) is 10.3 Å². The van der Waals surface area contributed by atoms with Gasteiger partial charge in [-0.3, -0.25) is 4.79 Å². The second kappa shape index (κ2) is 7.40. The van der Waals surface area contributed by atoms with Crippen LogP contribution in [0, 0.1) is 0 Å². The lowest BCUT2D eigenvalue weighted by molar-refractivity contribution is -0.115. The Balaban J connectivity index is 1.75. The molecule has 1 aliphatic heterocycles. The van der Waals surface area contributed by atoms with Crippen LogP contribution in [-0.4, -0.2) is 31.2 Å². The average molecular weight is 349 g/mol. The van der Waals surface area contributed by atoms with Crippen molar-refractivity contribution in [3.05, 3.63) is 41.0 Å². The third-order valence-corrected chi connectivity index (χ3v) is 3.76. The number of methoxy groups -OCH3 is 1. The van der Waals surface area contributed by atoms with Gasteiger partial charge >= 0.3 is 0 Å². The Bertz CT molecular complexity index is 751. The fraction of sp³-hybridized carbons (Fsp3) is 0.294. The SMILES string of the molecule is COc1cccnc1NC(=O)Cc1cc(Cl)c2c(c1)OCCCO2. The quantitative estimate of drug-likeness (QED) is 0.919. The number of hydrogen-bond acceptors (Lipinski definition) is 5. The van der Waals surface area contributed by atoms with Crippen LogP contribution in [-0.2, 0) is 11.2 Å². The summed E-state index contributed by atoms with van der Waals surface area (Å²) >= 11 is 6.24. The molecule has 1 aromatic carbocycles. The zero-order valence-electron chi connectivity index (χ0n) is 13.2. The number of nitrogens with one attached hydrogen (secondary N) is 1. The lowest BCUT2D eigenvalue weighted by Gasteiger charge is -2.12. The van der Waals surface area contributed by atoms with Crippen molar-refractivity contribution in [3.8, 4) is 17.2 Å². The van der Waals surface area contributed by atoms with Gasteiger partial charge in [-0.15, -0.1) is 0 Å². The van der Waals surface area contributed by atoms with Gasteiger partial charge in [0.2, 0.25) is 5.91 Å². The van der Waals surface area contributed by atoms with E-state index in [-0.39, 0.29) is 12.3 Å². The molecule has 3 rings (SSSR count). The summed E-state index contributed by atoms with van der Waals surface area (Å²) in [5, 5.41) is 3.17. The van der Waals surface area contributed by atoms with Gasteiger partial charge in [0.1, 0.15) is 0 Å². The van der Waals surface area contributed by atoms with Crippen molar-refractivity contribution in [2.75, 3.05) is 25.6 Å². The van der Waals surface area contributed by atoms with E-state index in [4.69, 9.17) is 25.8 Å². The molecule has 0 saturated carbocycles. The summed E-state index contributed by atoms with van der Waals surface area (Å²) in [6.07, 6.45) is 2.51. The summed E-state index contributed by atoms with van der Waals surface area (Å²) in [6.45, 7) is 1.12. The third kappa shape index (κ3) is 3.71. The topological polar surface area (TPSA) is 69.7 Å². The van der Waals surface area contributed by atoms with Crippen molar-refractivity contribution in [1.29, 1.82) is 0 Å². The number of carbonyl (C=O) groups is 1. The molecule has 1 aliphatic rings. The molecule has 1 N–H and O–H groups in total. The number of ether oxygens (including phenoxy) is 3. The van der Waals surface area contributed by atoms with Crippen molar-refractivity contribution >= 4 is 23.3 Å². The number of pyridine rings is 1. The first kappa shape index (κ1) is 16.4. The van der Waals surface area contributed by atoms with E-state index in [0.29, 0.717) is 41.3 Å². The van der Waals surface area contributed by atoms with Crippen molar-refractivity contribution in [2.45, 2.75) is 12.8 Å². The number of fused-ring (bicyclic) bond motifs is 1. The zero-order chi connectivity index (χ0) is 16.9. The van der Waals surface area contributed by atoms with Gasteiger partial charge in [0.25, 0.3) is 0 Å². The van der Waals surface area contributed by atoms with Crippen molar-refractivity contribution in [2.24, 2.45) is 0 Å². The molecule has 6 nitrogen and oxygen atoms in total. The van der Waals surface area contributed by atoms with E-state index in [1.807, 2.05) is 0 Å². The highest BCUT2D eigenvalue weighted by Gasteiger charge is 2.17. The number of hydrogen-bond donors (Lipinski definition) is 1. The molecule has 0 spiro atoms. The number of benzene rings is 1. The zero-order valence-corrected chi connectivity index (χ0v) is 13.9. The van der Waals surface area contributed by atoms with Crippen LogP contribution < -0.4 is 19.5 Å². The Morgan fingerprint density at radius 2 is 2.21 bits per heavy atom. The third-order valence-electron chi connectivity index (χ3n) is 3.48. The second-order valence-electron chi connectivity index (χ2n) is 5.23. The largest absolute Gasteiger partial charge is 0.493 e. The standard InChI is InChI=1S/C17H17ClN2O4/c1-22-13-4-2-5-19-17(13)20-15(21)10-11-8-12(18)16-14(9-11)23-6-3-7-24-16/h2,4-5,8-9H,3,6-7,10H2,1H3,(H,19,20,21). The lowest BCUT2D eigenvalue weighted by Crippen LogP contribution is -2.16. The molecule has 7 heteroatoms. The van der Waals surface area contributed by atoms with Gasteiger partial charge in [-0.1, -0.05) is 11.6 Å². The van der Waals surface area contributed by atoms with Crippen LogP contribution in [0.2, 0.25) is 5.02 Å². The lowest BCUT2D eigenvalue weighted by atomic mass is 10.1. The molecule has 1 aromatic heterocycles. The Kier molecular flexibility index (Phi) is 5.05. The Morgan fingerprint density at radius 1 is 1.38 bits per heavy atom. The van der Waals surface area contributed by atoms with Gasteiger partial charge < -0.3 is 19.5 Å². The number of anilines is 1. The van der Waals surface area contributed by atoms with E-state index in [1.54, 1.807) is 30.5 Å². The summed E-state index contributed by atoms with van der Waals surface area (Å²) in [6, 6.07) is 6.96.